The second kappa shape index (κ2) is 9.71. The smallest absolute Gasteiger partial charge is 0.308 e. The van der Waals surface area contributed by atoms with Crippen molar-refractivity contribution in [3.8, 4) is 0 Å². The number of carbonyl (C=O) groups excluding carboxylic acids is 3. The normalized spacial score (nSPS) is 17.4. The highest BCUT2D eigenvalue weighted by Gasteiger charge is 2.55. The Morgan fingerprint density at radius 2 is 1.81 bits per heavy atom. The Morgan fingerprint density at radius 1 is 1.06 bits per heavy atom. The molecule has 0 aromatic heterocycles. The summed E-state index contributed by atoms with van der Waals surface area (Å²) < 4.78 is 5.65. The Labute approximate surface area is 191 Å². The lowest BCUT2D eigenvalue weighted by atomic mass is 10.0. The summed E-state index contributed by atoms with van der Waals surface area (Å²) in [6, 6.07) is 11.4. The molecule has 0 saturated heterocycles. The summed E-state index contributed by atoms with van der Waals surface area (Å²) >= 11 is 12.0. The first-order chi connectivity index (χ1) is 14.8. The van der Waals surface area contributed by atoms with Crippen molar-refractivity contribution in [3.05, 3.63) is 63.6 Å². The molecule has 0 radical (unpaired) electrons. The van der Waals surface area contributed by atoms with Gasteiger partial charge in [-0.15, -0.1) is 0 Å². The first kappa shape index (κ1) is 23.1. The third-order valence-electron chi connectivity index (χ3n) is 5.13. The maximum absolute atomic E-state index is 13.6. The van der Waals surface area contributed by atoms with E-state index in [9.17, 15) is 14.4 Å². The first-order valence-corrected chi connectivity index (χ1v) is 11.0. The molecule has 1 heterocycles. The predicted molar refractivity (Wildman–Crippen MR) is 120 cm³/mol. The van der Waals surface area contributed by atoms with Gasteiger partial charge < -0.3 is 15.0 Å². The number of hydrogen-bond acceptors (Lipinski definition) is 4. The van der Waals surface area contributed by atoms with Gasteiger partial charge in [-0.25, -0.2) is 0 Å². The molecule has 0 saturated carbocycles. The van der Waals surface area contributed by atoms with Crippen molar-refractivity contribution in [1.29, 1.82) is 0 Å². The van der Waals surface area contributed by atoms with Gasteiger partial charge >= 0.3 is 5.97 Å². The lowest BCUT2D eigenvalue weighted by Crippen LogP contribution is -2.55. The van der Waals surface area contributed by atoms with Crippen molar-refractivity contribution in [1.82, 2.24) is 5.32 Å². The average molecular weight is 463 g/mol. The quantitative estimate of drug-likeness (QED) is 0.337. The molecule has 31 heavy (non-hydrogen) atoms. The summed E-state index contributed by atoms with van der Waals surface area (Å²) in [5, 5.41) is 3.17. The van der Waals surface area contributed by atoms with E-state index in [1.807, 2.05) is 0 Å². The van der Waals surface area contributed by atoms with Crippen LogP contribution in [0.5, 0.6) is 0 Å². The second-order valence-corrected chi connectivity index (χ2v) is 8.09. The van der Waals surface area contributed by atoms with Crippen molar-refractivity contribution < 1.29 is 19.1 Å². The van der Waals surface area contributed by atoms with Gasteiger partial charge in [-0.2, -0.15) is 0 Å². The molecule has 0 aliphatic carbocycles. The fraction of sp³-hybridized carbons (Fsp3) is 0.348. The zero-order valence-electron chi connectivity index (χ0n) is 17.4. The number of ether oxygens (including phenoxy) is 1. The molecule has 1 aliphatic heterocycles. The van der Waals surface area contributed by atoms with Crippen LogP contribution >= 0.6 is 23.2 Å². The van der Waals surface area contributed by atoms with Gasteiger partial charge in [0.05, 0.1) is 21.3 Å². The molecule has 2 aromatic rings. The van der Waals surface area contributed by atoms with Crippen LogP contribution in [0.1, 0.15) is 55.5 Å². The molecule has 6 nitrogen and oxygen atoms in total. The number of carbonyl (C=O) groups is 3. The molecular weight excluding hydrogens is 439 g/mol. The number of amides is 2. The van der Waals surface area contributed by atoms with Crippen molar-refractivity contribution in [2.45, 2.75) is 45.3 Å². The Hall–Kier alpha value is -2.57. The van der Waals surface area contributed by atoms with Crippen LogP contribution in [0, 0.1) is 0 Å². The summed E-state index contributed by atoms with van der Waals surface area (Å²) in [4.78, 5) is 40.6. The molecule has 1 atom stereocenters. The number of benzene rings is 2. The third kappa shape index (κ3) is 4.55. The van der Waals surface area contributed by atoms with Crippen LogP contribution in [0.2, 0.25) is 10.0 Å². The zero-order chi connectivity index (χ0) is 22.6. The fourth-order valence-electron chi connectivity index (χ4n) is 3.52. The molecule has 0 spiro atoms. The molecule has 1 N–H and O–H groups in total. The molecule has 8 heteroatoms. The van der Waals surface area contributed by atoms with E-state index >= 15 is 0 Å². The van der Waals surface area contributed by atoms with E-state index in [1.165, 1.54) is 18.2 Å². The van der Waals surface area contributed by atoms with Crippen LogP contribution in [0.3, 0.4) is 0 Å². The van der Waals surface area contributed by atoms with Crippen molar-refractivity contribution in [3.63, 3.8) is 0 Å². The van der Waals surface area contributed by atoms with Gasteiger partial charge in [0.25, 0.3) is 17.5 Å². The monoisotopic (exact) mass is 462 g/mol. The molecule has 3 rings (SSSR count). The molecular formula is C23H24Cl2N2O4. The number of halogens is 2. The SMILES string of the molecule is CCCCCN1C(=O)C(NC(=O)c2ccc(Cl)c(Cl)c2)(OC(=O)CC)c2ccccc21. The number of nitrogens with one attached hydrogen (secondary N) is 1. The third-order valence-corrected chi connectivity index (χ3v) is 5.87. The molecule has 0 fully saturated rings. The largest absolute Gasteiger partial charge is 0.425 e. The maximum Gasteiger partial charge on any atom is 0.308 e. The minimum atomic E-state index is -1.95. The summed E-state index contributed by atoms with van der Waals surface area (Å²) in [5.41, 5.74) is -0.719. The van der Waals surface area contributed by atoms with E-state index in [4.69, 9.17) is 27.9 Å². The molecule has 164 valence electrons. The number of anilines is 1. The van der Waals surface area contributed by atoms with Gasteiger partial charge in [-0.1, -0.05) is 68.1 Å². The van der Waals surface area contributed by atoms with E-state index < -0.39 is 23.5 Å². The summed E-state index contributed by atoms with van der Waals surface area (Å²) in [6.07, 6.45) is 2.78. The minimum absolute atomic E-state index is 0.0513. The lowest BCUT2D eigenvalue weighted by Gasteiger charge is -2.29. The van der Waals surface area contributed by atoms with E-state index in [2.05, 4.69) is 12.2 Å². The number of rotatable bonds is 8. The van der Waals surface area contributed by atoms with Crippen molar-refractivity contribution >= 4 is 46.7 Å². The number of para-hydroxylation sites is 1. The topological polar surface area (TPSA) is 75.7 Å². The Balaban J connectivity index is 2.04. The molecule has 2 amide bonds. The van der Waals surface area contributed by atoms with Crippen molar-refractivity contribution in [2.24, 2.45) is 0 Å². The highest BCUT2D eigenvalue weighted by Crippen LogP contribution is 2.42. The van der Waals surface area contributed by atoms with Gasteiger partial charge in [-0.05, 0) is 30.7 Å². The number of fused-ring (bicyclic) bond motifs is 1. The number of unbranched alkanes of at least 4 members (excludes halogenated alkanes) is 2. The Bertz CT molecular complexity index is 1010. The predicted octanol–water partition coefficient (Wildman–Crippen LogP) is 5.07. The highest BCUT2D eigenvalue weighted by molar-refractivity contribution is 6.42. The summed E-state index contributed by atoms with van der Waals surface area (Å²) in [5.74, 6) is -1.71. The zero-order valence-corrected chi connectivity index (χ0v) is 18.9. The van der Waals surface area contributed by atoms with Gasteiger partial charge in [-0.3, -0.25) is 14.4 Å². The van der Waals surface area contributed by atoms with Crippen molar-refractivity contribution in [2.75, 3.05) is 11.4 Å². The van der Waals surface area contributed by atoms with Gasteiger partial charge in [0.2, 0.25) is 0 Å². The standard InChI is InChI=1S/C23H24Cl2N2O4/c1-3-5-8-13-27-19-10-7-6-9-16(19)23(22(27)30,31-20(28)4-2)26-21(29)15-11-12-17(24)18(25)14-15/h6-7,9-12,14H,3-5,8,13H2,1-2H3,(H,26,29). The number of hydrogen-bond donors (Lipinski definition) is 1. The van der Waals surface area contributed by atoms with Gasteiger partial charge in [0.15, 0.2) is 0 Å². The van der Waals surface area contributed by atoms with Crippen LogP contribution in [0.4, 0.5) is 5.69 Å². The van der Waals surface area contributed by atoms with E-state index in [0.29, 0.717) is 22.8 Å². The van der Waals surface area contributed by atoms with Gasteiger partial charge in [0.1, 0.15) is 0 Å². The van der Waals surface area contributed by atoms with E-state index in [0.717, 1.165) is 19.3 Å². The van der Waals surface area contributed by atoms with Crippen LogP contribution in [0.25, 0.3) is 0 Å². The molecule has 1 unspecified atom stereocenters. The second-order valence-electron chi connectivity index (χ2n) is 7.27. The summed E-state index contributed by atoms with van der Waals surface area (Å²) in [7, 11) is 0. The number of nitrogens with zero attached hydrogens (tertiary/aromatic N) is 1. The van der Waals surface area contributed by atoms with Crippen LogP contribution in [-0.2, 0) is 20.1 Å². The van der Waals surface area contributed by atoms with Crippen LogP contribution in [0.15, 0.2) is 42.5 Å². The van der Waals surface area contributed by atoms with E-state index in [-0.39, 0.29) is 17.0 Å². The Kier molecular flexibility index (Phi) is 7.23. The molecule has 0 bridgehead atoms. The minimum Gasteiger partial charge on any atom is -0.425 e. The first-order valence-electron chi connectivity index (χ1n) is 10.2. The molecule has 2 aromatic carbocycles. The Morgan fingerprint density at radius 3 is 2.48 bits per heavy atom. The summed E-state index contributed by atoms with van der Waals surface area (Å²) in [6.45, 7) is 4.16. The molecule has 1 aliphatic rings. The average Bonchev–Trinajstić information content (AvgIpc) is 2.98. The fourth-order valence-corrected chi connectivity index (χ4v) is 3.82. The van der Waals surface area contributed by atoms with Gasteiger partial charge in [0, 0.05) is 18.5 Å². The number of esters is 1. The van der Waals surface area contributed by atoms with Crippen LogP contribution in [-0.4, -0.2) is 24.3 Å². The van der Waals surface area contributed by atoms with E-state index in [1.54, 1.807) is 36.1 Å². The lowest BCUT2D eigenvalue weighted by molar-refractivity contribution is -0.170. The maximum atomic E-state index is 13.6. The van der Waals surface area contributed by atoms with Crippen LogP contribution < -0.4 is 10.2 Å². The highest BCUT2D eigenvalue weighted by atomic mass is 35.5.